The van der Waals surface area contributed by atoms with Gasteiger partial charge in [0.15, 0.2) is 0 Å². The predicted molar refractivity (Wildman–Crippen MR) is 81.2 cm³/mol. The smallest absolute Gasteiger partial charge is 0.316 e. The summed E-state index contributed by atoms with van der Waals surface area (Å²) in [7, 11) is 3.37. The summed E-state index contributed by atoms with van der Waals surface area (Å²) >= 11 is 5.79. The van der Waals surface area contributed by atoms with Gasteiger partial charge in [-0.1, -0.05) is 0 Å². The standard InChI is InChI=1S/C14H18ClFN4O/c1-19(2)14(21)17-7-8-20-12-4-3-10(16)9-11(12)18-13(20)5-6-15/h3-4,9H,5-8H2,1-2H3,(H,17,21). The Labute approximate surface area is 127 Å². The summed E-state index contributed by atoms with van der Waals surface area (Å²) in [5, 5.41) is 2.80. The first-order valence-electron chi connectivity index (χ1n) is 6.68. The first kappa shape index (κ1) is 15.6. The highest BCUT2D eigenvalue weighted by Crippen LogP contribution is 2.18. The second-order valence-electron chi connectivity index (χ2n) is 4.88. The molecule has 2 amide bonds. The summed E-state index contributed by atoms with van der Waals surface area (Å²) in [6.07, 6.45) is 0.597. The molecule has 0 saturated carbocycles. The van der Waals surface area contributed by atoms with Crippen LogP contribution in [0.1, 0.15) is 5.82 Å². The summed E-state index contributed by atoms with van der Waals surface area (Å²) < 4.78 is 15.2. The molecule has 0 aliphatic rings. The highest BCUT2D eigenvalue weighted by Gasteiger charge is 2.11. The van der Waals surface area contributed by atoms with Crippen LogP contribution < -0.4 is 5.32 Å². The quantitative estimate of drug-likeness (QED) is 0.861. The minimum absolute atomic E-state index is 0.149. The van der Waals surface area contributed by atoms with Gasteiger partial charge in [0, 0.05) is 45.6 Å². The van der Waals surface area contributed by atoms with E-state index in [2.05, 4.69) is 10.3 Å². The first-order chi connectivity index (χ1) is 10.0. The van der Waals surface area contributed by atoms with Crippen LogP contribution in [0.15, 0.2) is 18.2 Å². The van der Waals surface area contributed by atoms with Crippen molar-refractivity contribution in [3.8, 4) is 0 Å². The number of carbonyl (C=O) groups is 1. The van der Waals surface area contributed by atoms with Gasteiger partial charge in [0.05, 0.1) is 11.0 Å². The maximum absolute atomic E-state index is 13.3. The number of nitrogens with zero attached hydrogens (tertiary/aromatic N) is 3. The van der Waals surface area contributed by atoms with Crippen LogP contribution in [0.2, 0.25) is 0 Å². The van der Waals surface area contributed by atoms with Gasteiger partial charge in [-0.25, -0.2) is 14.2 Å². The number of hydrogen-bond donors (Lipinski definition) is 1. The van der Waals surface area contributed by atoms with Gasteiger partial charge in [0.1, 0.15) is 11.6 Å². The van der Waals surface area contributed by atoms with Crippen LogP contribution in [0.4, 0.5) is 9.18 Å². The minimum atomic E-state index is -0.314. The van der Waals surface area contributed by atoms with E-state index in [9.17, 15) is 9.18 Å². The van der Waals surface area contributed by atoms with Gasteiger partial charge in [0.2, 0.25) is 0 Å². The van der Waals surface area contributed by atoms with Crippen LogP contribution in [0, 0.1) is 5.82 Å². The molecular formula is C14H18ClFN4O. The fraction of sp³-hybridized carbons (Fsp3) is 0.429. The topological polar surface area (TPSA) is 50.2 Å². The van der Waals surface area contributed by atoms with Gasteiger partial charge < -0.3 is 14.8 Å². The van der Waals surface area contributed by atoms with Crippen LogP contribution in [-0.4, -0.2) is 47.0 Å². The number of rotatable bonds is 5. The molecule has 1 aromatic heterocycles. The summed E-state index contributed by atoms with van der Waals surface area (Å²) in [6, 6.07) is 4.36. The number of aromatic nitrogens is 2. The van der Waals surface area contributed by atoms with Gasteiger partial charge >= 0.3 is 6.03 Å². The lowest BCUT2D eigenvalue weighted by molar-refractivity contribution is 0.217. The Hall–Kier alpha value is -1.82. The number of benzene rings is 1. The van der Waals surface area contributed by atoms with Crippen LogP contribution in [0.5, 0.6) is 0 Å². The molecule has 114 valence electrons. The fourth-order valence-electron chi connectivity index (χ4n) is 2.11. The van der Waals surface area contributed by atoms with Crippen molar-refractivity contribution >= 4 is 28.7 Å². The lowest BCUT2D eigenvalue weighted by Gasteiger charge is -2.13. The molecule has 0 saturated heterocycles. The Kier molecular flexibility index (Phi) is 5.01. The first-order valence-corrected chi connectivity index (χ1v) is 7.22. The highest BCUT2D eigenvalue weighted by molar-refractivity contribution is 6.17. The second kappa shape index (κ2) is 6.76. The molecule has 2 rings (SSSR count). The van der Waals surface area contributed by atoms with Gasteiger partial charge in [-0.3, -0.25) is 0 Å². The van der Waals surface area contributed by atoms with Crippen LogP contribution in [-0.2, 0) is 13.0 Å². The van der Waals surface area contributed by atoms with Crippen molar-refractivity contribution in [1.29, 1.82) is 0 Å². The minimum Gasteiger partial charge on any atom is -0.336 e. The Morgan fingerprint density at radius 1 is 1.48 bits per heavy atom. The fourth-order valence-corrected chi connectivity index (χ4v) is 2.28. The average molecular weight is 313 g/mol. The molecule has 2 aromatic rings. The number of hydrogen-bond acceptors (Lipinski definition) is 2. The molecule has 0 spiro atoms. The van der Waals surface area contributed by atoms with Crippen molar-refractivity contribution in [2.45, 2.75) is 13.0 Å². The third-order valence-corrected chi connectivity index (χ3v) is 3.31. The van der Waals surface area contributed by atoms with Crippen molar-refractivity contribution in [3.63, 3.8) is 0 Å². The highest BCUT2D eigenvalue weighted by atomic mass is 35.5. The van der Waals surface area contributed by atoms with E-state index in [1.807, 2.05) is 4.57 Å². The van der Waals surface area contributed by atoms with E-state index in [1.54, 1.807) is 20.2 Å². The second-order valence-corrected chi connectivity index (χ2v) is 5.26. The summed E-state index contributed by atoms with van der Waals surface area (Å²) in [4.78, 5) is 17.4. The maximum Gasteiger partial charge on any atom is 0.316 e. The number of fused-ring (bicyclic) bond motifs is 1. The molecule has 7 heteroatoms. The predicted octanol–water partition coefficient (Wildman–Crippen LogP) is 2.23. The Morgan fingerprint density at radius 3 is 2.90 bits per heavy atom. The third-order valence-electron chi connectivity index (χ3n) is 3.13. The number of imidazole rings is 1. The largest absolute Gasteiger partial charge is 0.336 e. The molecule has 0 aliphatic carbocycles. The molecule has 0 radical (unpaired) electrons. The van der Waals surface area contributed by atoms with E-state index < -0.39 is 0 Å². The van der Waals surface area contributed by atoms with E-state index in [1.165, 1.54) is 17.0 Å². The monoisotopic (exact) mass is 312 g/mol. The number of amides is 2. The normalized spacial score (nSPS) is 10.9. The zero-order valence-corrected chi connectivity index (χ0v) is 12.8. The molecule has 0 atom stereocenters. The van der Waals surface area contributed by atoms with Crippen LogP contribution in [0.25, 0.3) is 11.0 Å². The molecule has 1 N–H and O–H groups in total. The van der Waals surface area contributed by atoms with Gasteiger partial charge in [-0.2, -0.15) is 0 Å². The Balaban J connectivity index is 2.20. The Bertz CT molecular complexity index is 641. The number of aryl methyl sites for hydroxylation is 1. The number of alkyl halides is 1. The maximum atomic E-state index is 13.3. The van der Waals surface area contributed by atoms with Crippen molar-refractivity contribution in [3.05, 3.63) is 29.8 Å². The summed E-state index contributed by atoms with van der Waals surface area (Å²) in [5.74, 6) is 0.922. The lowest BCUT2D eigenvalue weighted by atomic mass is 10.3. The molecule has 1 aromatic carbocycles. The average Bonchev–Trinajstić information content (AvgIpc) is 2.76. The SMILES string of the molecule is CN(C)C(=O)NCCn1c(CCCl)nc2cc(F)ccc21. The molecule has 0 bridgehead atoms. The van der Waals surface area contributed by atoms with Gasteiger partial charge in [-0.15, -0.1) is 11.6 Å². The van der Waals surface area contributed by atoms with E-state index in [0.717, 1.165) is 11.3 Å². The van der Waals surface area contributed by atoms with Crippen molar-refractivity contribution < 1.29 is 9.18 Å². The molecular weight excluding hydrogens is 295 g/mol. The zero-order valence-electron chi connectivity index (χ0n) is 12.1. The van der Waals surface area contributed by atoms with Crippen LogP contribution >= 0.6 is 11.6 Å². The van der Waals surface area contributed by atoms with Crippen molar-refractivity contribution in [2.24, 2.45) is 0 Å². The zero-order chi connectivity index (χ0) is 15.4. The molecule has 5 nitrogen and oxygen atoms in total. The molecule has 1 heterocycles. The lowest BCUT2D eigenvalue weighted by Crippen LogP contribution is -2.36. The number of urea groups is 1. The molecule has 0 fully saturated rings. The summed E-state index contributed by atoms with van der Waals surface area (Å²) in [6.45, 7) is 1.03. The number of carbonyl (C=O) groups excluding carboxylic acids is 1. The van der Waals surface area contributed by atoms with E-state index in [4.69, 9.17) is 11.6 Å². The third kappa shape index (κ3) is 3.64. The van der Waals surface area contributed by atoms with Gasteiger partial charge in [0.25, 0.3) is 0 Å². The van der Waals surface area contributed by atoms with E-state index in [0.29, 0.717) is 30.9 Å². The van der Waals surface area contributed by atoms with Gasteiger partial charge in [-0.05, 0) is 12.1 Å². The molecule has 0 unspecified atom stereocenters. The van der Waals surface area contributed by atoms with E-state index in [-0.39, 0.29) is 11.8 Å². The van der Waals surface area contributed by atoms with Crippen molar-refractivity contribution in [2.75, 3.05) is 26.5 Å². The summed E-state index contributed by atoms with van der Waals surface area (Å²) in [5.41, 5.74) is 1.45. The number of halogens is 2. The number of nitrogens with one attached hydrogen (secondary N) is 1. The Morgan fingerprint density at radius 2 is 2.24 bits per heavy atom. The van der Waals surface area contributed by atoms with Crippen molar-refractivity contribution in [1.82, 2.24) is 19.8 Å². The van der Waals surface area contributed by atoms with Crippen LogP contribution in [0.3, 0.4) is 0 Å². The molecule has 0 aliphatic heterocycles. The molecule has 21 heavy (non-hydrogen) atoms. The van der Waals surface area contributed by atoms with E-state index >= 15 is 0 Å².